The molecule has 1 saturated heterocycles. The number of halogens is 1. The Bertz CT molecular complexity index is 665. The van der Waals surface area contributed by atoms with Gasteiger partial charge in [-0.25, -0.2) is 0 Å². The van der Waals surface area contributed by atoms with Gasteiger partial charge in [0.1, 0.15) is 0 Å². The highest BCUT2D eigenvalue weighted by Gasteiger charge is 2.32. The quantitative estimate of drug-likeness (QED) is 0.893. The fourth-order valence-corrected chi connectivity index (χ4v) is 3.48. The van der Waals surface area contributed by atoms with E-state index in [4.69, 9.17) is 5.73 Å². The molecule has 0 bridgehead atoms. The van der Waals surface area contributed by atoms with Gasteiger partial charge < -0.3 is 10.6 Å². The first-order valence-electron chi connectivity index (χ1n) is 8.57. The molecule has 0 aliphatic carbocycles. The second-order valence-electron chi connectivity index (χ2n) is 6.35. The molecule has 1 aliphatic rings. The highest BCUT2D eigenvalue weighted by molar-refractivity contribution is 5.94. The van der Waals surface area contributed by atoms with Gasteiger partial charge in [0.2, 0.25) is 5.91 Å². The molecule has 2 N–H and O–H groups in total. The van der Waals surface area contributed by atoms with Crippen molar-refractivity contribution in [3.8, 4) is 0 Å². The largest absolute Gasteiger partial charge is 0.326 e. The molecular formula is C20H26ClN3O. The van der Waals surface area contributed by atoms with Gasteiger partial charge in [0, 0.05) is 37.3 Å². The molecule has 0 radical (unpaired) electrons. The van der Waals surface area contributed by atoms with Crippen LogP contribution in [0.1, 0.15) is 18.4 Å². The molecule has 3 rings (SSSR count). The minimum Gasteiger partial charge on any atom is -0.326 e. The molecule has 134 valence electrons. The Hall–Kier alpha value is -1.88. The number of likely N-dealkylation sites (tertiary alicyclic amines) is 1. The molecule has 1 heterocycles. The van der Waals surface area contributed by atoms with Gasteiger partial charge in [0.15, 0.2) is 0 Å². The van der Waals surface area contributed by atoms with Crippen molar-refractivity contribution in [2.45, 2.75) is 18.9 Å². The third-order valence-electron chi connectivity index (χ3n) is 4.71. The molecule has 1 aliphatic heterocycles. The molecule has 0 saturated carbocycles. The number of nitrogens with two attached hydrogens (primary N) is 1. The highest BCUT2D eigenvalue weighted by atomic mass is 35.5. The molecule has 2 aromatic carbocycles. The monoisotopic (exact) mass is 359 g/mol. The fraction of sp³-hybridized carbons (Fsp3) is 0.350. The van der Waals surface area contributed by atoms with Crippen LogP contribution < -0.4 is 10.6 Å². The second-order valence-corrected chi connectivity index (χ2v) is 6.35. The van der Waals surface area contributed by atoms with Gasteiger partial charge in [-0.2, -0.15) is 0 Å². The number of hydrogen-bond acceptors (Lipinski definition) is 3. The van der Waals surface area contributed by atoms with Crippen molar-refractivity contribution in [2.75, 3.05) is 31.1 Å². The molecule has 0 unspecified atom stereocenters. The number of likely N-dealkylation sites (N-methyl/N-ethyl adjacent to an activating group) is 1. The van der Waals surface area contributed by atoms with Crippen LogP contribution in [0.25, 0.3) is 0 Å². The smallest absolute Gasteiger partial charge is 0.241 e. The molecule has 5 heteroatoms. The molecule has 0 spiro atoms. The van der Waals surface area contributed by atoms with Crippen LogP contribution in [0.4, 0.5) is 5.69 Å². The average Bonchev–Trinajstić information content (AvgIpc) is 2.97. The summed E-state index contributed by atoms with van der Waals surface area (Å²) in [7, 11) is 0. The van der Waals surface area contributed by atoms with Crippen molar-refractivity contribution in [3.05, 3.63) is 66.2 Å². The van der Waals surface area contributed by atoms with Gasteiger partial charge in [-0.3, -0.25) is 9.69 Å². The lowest BCUT2D eigenvalue weighted by molar-refractivity contribution is -0.119. The molecule has 2 atom stereocenters. The zero-order chi connectivity index (χ0) is 16.9. The Kier molecular flexibility index (Phi) is 7.00. The standard InChI is InChI=1S/C20H25N3O.ClH/c1-2-23(17-11-7-4-8-12-17)20(24)15-22-13-18(19(21)14-22)16-9-5-3-6-10-16;/h3-12,18-19H,2,13-15,21H2,1H3;1H/t18-,19+;/m0./s1. The summed E-state index contributed by atoms with van der Waals surface area (Å²) in [4.78, 5) is 16.7. The van der Waals surface area contributed by atoms with E-state index < -0.39 is 0 Å². The Morgan fingerprint density at radius 1 is 1.08 bits per heavy atom. The number of benzene rings is 2. The third kappa shape index (κ3) is 4.60. The van der Waals surface area contributed by atoms with E-state index in [2.05, 4.69) is 17.0 Å². The number of anilines is 1. The lowest BCUT2D eigenvalue weighted by Crippen LogP contribution is -2.40. The molecule has 0 aromatic heterocycles. The van der Waals surface area contributed by atoms with E-state index in [1.807, 2.05) is 60.4 Å². The van der Waals surface area contributed by atoms with E-state index in [1.165, 1.54) is 5.56 Å². The first-order chi connectivity index (χ1) is 11.7. The summed E-state index contributed by atoms with van der Waals surface area (Å²) in [5.74, 6) is 0.426. The van der Waals surface area contributed by atoms with E-state index in [9.17, 15) is 4.79 Å². The Labute approximate surface area is 156 Å². The summed E-state index contributed by atoms with van der Waals surface area (Å²) >= 11 is 0. The topological polar surface area (TPSA) is 49.6 Å². The zero-order valence-corrected chi connectivity index (χ0v) is 15.4. The fourth-order valence-electron chi connectivity index (χ4n) is 3.48. The second kappa shape index (κ2) is 8.99. The lowest BCUT2D eigenvalue weighted by atomic mass is 9.95. The SMILES string of the molecule is CCN(C(=O)CN1C[C@@H](N)[C@H](c2ccccc2)C1)c1ccccc1.Cl. The summed E-state index contributed by atoms with van der Waals surface area (Å²) in [6.07, 6.45) is 0. The maximum absolute atomic E-state index is 12.7. The number of hydrogen-bond donors (Lipinski definition) is 1. The summed E-state index contributed by atoms with van der Waals surface area (Å²) < 4.78 is 0. The molecule has 25 heavy (non-hydrogen) atoms. The molecule has 1 amide bonds. The zero-order valence-electron chi connectivity index (χ0n) is 14.5. The lowest BCUT2D eigenvalue weighted by Gasteiger charge is -2.24. The van der Waals surface area contributed by atoms with Gasteiger partial charge in [0.05, 0.1) is 6.54 Å². The van der Waals surface area contributed by atoms with Crippen molar-refractivity contribution < 1.29 is 4.79 Å². The summed E-state index contributed by atoms with van der Waals surface area (Å²) in [6.45, 7) is 4.69. The molecule has 1 fully saturated rings. The predicted molar refractivity (Wildman–Crippen MR) is 105 cm³/mol. The van der Waals surface area contributed by atoms with Crippen molar-refractivity contribution in [3.63, 3.8) is 0 Å². The maximum Gasteiger partial charge on any atom is 0.241 e. The molecule has 4 nitrogen and oxygen atoms in total. The first-order valence-corrected chi connectivity index (χ1v) is 8.57. The van der Waals surface area contributed by atoms with E-state index in [1.54, 1.807) is 0 Å². The van der Waals surface area contributed by atoms with Crippen LogP contribution >= 0.6 is 12.4 Å². The normalized spacial score (nSPS) is 20.1. The van der Waals surface area contributed by atoms with Crippen LogP contribution in [0.2, 0.25) is 0 Å². The minimum absolute atomic E-state index is 0. The van der Waals surface area contributed by atoms with Gasteiger partial charge in [-0.15, -0.1) is 12.4 Å². The van der Waals surface area contributed by atoms with Gasteiger partial charge in [0.25, 0.3) is 0 Å². The van der Waals surface area contributed by atoms with Crippen LogP contribution in [0.5, 0.6) is 0 Å². The summed E-state index contributed by atoms with van der Waals surface area (Å²) in [5, 5.41) is 0. The highest BCUT2D eigenvalue weighted by Crippen LogP contribution is 2.26. The number of carbonyl (C=O) groups is 1. The number of carbonyl (C=O) groups excluding carboxylic acids is 1. The summed E-state index contributed by atoms with van der Waals surface area (Å²) in [6, 6.07) is 20.3. The van der Waals surface area contributed by atoms with Crippen molar-refractivity contribution in [1.82, 2.24) is 4.90 Å². The van der Waals surface area contributed by atoms with Crippen molar-refractivity contribution >= 4 is 24.0 Å². The van der Waals surface area contributed by atoms with E-state index >= 15 is 0 Å². The number of amides is 1. The van der Waals surface area contributed by atoms with E-state index in [0.717, 1.165) is 18.8 Å². The first kappa shape index (κ1) is 19.4. The van der Waals surface area contributed by atoms with Crippen LogP contribution in [0.15, 0.2) is 60.7 Å². The van der Waals surface area contributed by atoms with Crippen molar-refractivity contribution in [2.24, 2.45) is 5.73 Å². The Morgan fingerprint density at radius 2 is 1.68 bits per heavy atom. The predicted octanol–water partition coefficient (Wildman–Crippen LogP) is 2.89. The van der Waals surface area contributed by atoms with E-state index in [-0.39, 0.29) is 24.4 Å². The number of para-hydroxylation sites is 1. The van der Waals surface area contributed by atoms with Crippen LogP contribution in [-0.4, -0.2) is 43.0 Å². The minimum atomic E-state index is 0. The number of nitrogens with zero attached hydrogens (tertiary/aromatic N) is 2. The third-order valence-corrected chi connectivity index (χ3v) is 4.71. The molecular weight excluding hydrogens is 334 g/mol. The Morgan fingerprint density at radius 3 is 2.28 bits per heavy atom. The van der Waals surface area contributed by atoms with Gasteiger partial charge >= 0.3 is 0 Å². The van der Waals surface area contributed by atoms with Crippen molar-refractivity contribution in [1.29, 1.82) is 0 Å². The van der Waals surface area contributed by atoms with E-state index in [0.29, 0.717) is 19.0 Å². The Balaban J connectivity index is 0.00000225. The number of rotatable bonds is 5. The molecule has 2 aromatic rings. The average molecular weight is 360 g/mol. The van der Waals surface area contributed by atoms with Gasteiger partial charge in [-0.05, 0) is 24.6 Å². The summed E-state index contributed by atoms with van der Waals surface area (Å²) in [5.41, 5.74) is 8.54. The van der Waals surface area contributed by atoms with Crippen LogP contribution in [-0.2, 0) is 4.79 Å². The van der Waals surface area contributed by atoms with Crippen LogP contribution in [0.3, 0.4) is 0 Å². The van der Waals surface area contributed by atoms with Gasteiger partial charge in [-0.1, -0.05) is 48.5 Å². The maximum atomic E-state index is 12.7. The van der Waals surface area contributed by atoms with Crippen LogP contribution in [0, 0.1) is 0 Å².